The molecule has 1 unspecified atom stereocenters. The molecule has 0 bridgehead atoms. The number of carbonyl (C=O) groups is 2. The first-order chi connectivity index (χ1) is 10.1. The molecule has 1 saturated carbocycles. The summed E-state index contributed by atoms with van der Waals surface area (Å²) in [6.07, 6.45) is 7.60. The van der Waals surface area contributed by atoms with Gasteiger partial charge in [0.25, 0.3) is 0 Å². The van der Waals surface area contributed by atoms with Crippen LogP contribution in [-0.2, 0) is 9.59 Å². The predicted molar refractivity (Wildman–Crippen MR) is 79.5 cm³/mol. The van der Waals surface area contributed by atoms with Crippen LogP contribution in [0.15, 0.2) is 0 Å². The van der Waals surface area contributed by atoms with Crippen molar-refractivity contribution >= 4 is 11.9 Å². The fourth-order valence-corrected chi connectivity index (χ4v) is 3.51. The van der Waals surface area contributed by atoms with Gasteiger partial charge in [-0.2, -0.15) is 0 Å². The van der Waals surface area contributed by atoms with Crippen molar-refractivity contribution in [2.45, 2.75) is 26.2 Å². The van der Waals surface area contributed by atoms with Gasteiger partial charge >= 0.3 is 5.97 Å². The lowest BCUT2D eigenvalue weighted by molar-refractivity contribution is -0.149. The van der Waals surface area contributed by atoms with Crippen LogP contribution in [0.25, 0.3) is 0 Å². The molecule has 1 saturated heterocycles. The Labute approximate surface area is 126 Å². The fraction of sp³-hybridized carbons (Fsp3) is 0.750. The van der Waals surface area contributed by atoms with E-state index in [1.807, 2.05) is 4.90 Å². The molecule has 2 fully saturated rings. The van der Waals surface area contributed by atoms with Gasteiger partial charge in [-0.25, -0.2) is 0 Å². The Hall–Kier alpha value is -1.54. The van der Waals surface area contributed by atoms with Crippen LogP contribution >= 0.6 is 0 Å². The Bertz CT molecular complexity index is 435. The second-order valence-electron chi connectivity index (χ2n) is 6.10. The normalized spacial score (nSPS) is 30.1. The van der Waals surface area contributed by atoms with Gasteiger partial charge in [-0.15, -0.1) is 6.42 Å². The average molecular weight is 292 g/mol. The van der Waals surface area contributed by atoms with Crippen molar-refractivity contribution in [1.82, 2.24) is 9.80 Å². The Morgan fingerprint density at radius 1 is 1.19 bits per heavy atom. The molecule has 2 rings (SSSR count). The van der Waals surface area contributed by atoms with Crippen LogP contribution in [-0.4, -0.2) is 59.5 Å². The van der Waals surface area contributed by atoms with E-state index >= 15 is 0 Å². The minimum Gasteiger partial charge on any atom is -0.481 e. The monoisotopic (exact) mass is 292 g/mol. The zero-order valence-electron chi connectivity index (χ0n) is 12.6. The summed E-state index contributed by atoms with van der Waals surface area (Å²) in [7, 11) is 0. The second kappa shape index (κ2) is 6.95. The first-order valence-electron chi connectivity index (χ1n) is 7.74. The summed E-state index contributed by atoms with van der Waals surface area (Å²) in [6, 6.07) is 0. The number of hydrogen-bond acceptors (Lipinski definition) is 3. The van der Waals surface area contributed by atoms with Crippen LogP contribution in [0.3, 0.4) is 0 Å². The van der Waals surface area contributed by atoms with Crippen LogP contribution in [0.2, 0.25) is 0 Å². The molecule has 5 heteroatoms. The van der Waals surface area contributed by atoms with Gasteiger partial charge in [-0.05, 0) is 18.8 Å². The molecule has 1 amide bonds. The largest absolute Gasteiger partial charge is 0.481 e. The number of hydrogen-bond donors (Lipinski definition) is 1. The average Bonchev–Trinajstić information content (AvgIpc) is 2.92. The number of carbonyl (C=O) groups excluding carboxylic acids is 1. The third-order valence-electron chi connectivity index (χ3n) is 4.87. The van der Waals surface area contributed by atoms with Crippen molar-refractivity contribution in [1.29, 1.82) is 0 Å². The minimum atomic E-state index is -0.824. The lowest BCUT2D eigenvalue weighted by Crippen LogP contribution is -2.51. The van der Waals surface area contributed by atoms with Crippen molar-refractivity contribution in [3.63, 3.8) is 0 Å². The summed E-state index contributed by atoms with van der Waals surface area (Å²) < 4.78 is 0. The van der Waals surface area contributed by atoms with Crippen LogP contribution in [0, 0.1) is 30.1 Å². The second-order valence-corrected chi connectivity index (χ2v) is 6.10. The van der Waals surface area contributed by atoms with E-state index in [1.165, 1.54) is 0 Å². The number of amides is 1. The first kappa shape index (κ1) is 15.8. The summed E-state index contributed by atoms with van der Waals surface area (Å²) in [4.78, 5) is 28.0. The zero-order chi connectivity index (χ0) is 15.4. The molecule has 21 heavy (non-hydrogen) atoms. The smallest absolute Gasteiger partial charge is 0.307 e. The van der Waals surface area contributed by atoms with E-state index < -0.39 is 11.9 Å². The summed E-state index contributed by atoms with van der Waals surface area (Å²) in [6.45, 7) is 5.53. The van der Waals surface area contributed by atoms with Crippen LogP contribution in [0.5, 0.6) is 0 Å². The molecule has 1 aliphatic heterocycles. The van der Waals surface area contributed by atoms with Crippen LogP contribution in [0.4, 0.5) is 0 Å². The molecular formula is C16H24N2O3. The Morgan fingerprint density at radius 3 is 2.33 bits per heavy atom. The maximum absolute atomic E-state index is 12.6. The minimum absolute atomic E-state index is 0.0266. The van der Waals surface area contributed by atoms with E-state index in [1.54, 1.807) is 0 Å². The molecule has 116 valence electrons. The lowest BCUT2D eigenvalue weighted by Gasteiger charge is -2.35. The first-order valence-corrected chi connectivity index (χ1v) is 7.74. The van der Waals surface area contributed by atoms with Gasteiger partial charge < -0.3 is 10.0 Å². The lowest BCUT2D eigenvalue weighted by atomic mass is 9.94. The van der Waals surface area contributed by atoms with E-state index in [4.69, 9.17) is 6.42 Å². The third-order valence-corrected chi connectivity index (χ3v) is 4.87. The number of terminal acetylenes is 1. The number of rotatable bonds is 4. The highest BCUT2D eigenvalue weighted by molar-refractivity contribution is 5.85. The maximum Gasteiger partial charge on any atom is 0.307 e. The molecular weight excluding hydrogens is 268 g/mol. The van der Waals surface area contributed by atoms with Crippen molar-refractivity contribution in [3.8, 4) is 12.3 Å². The maximum atomic E-state index is 12.6. The van der Waals surface area contributed by atoms with Gasteiger partial charge in [0.05, 0.1) is 18.4 Å². The molecule has 1 aliphatic carbocycles. The zero-order valence-corrected chi connectivity index (χ0v) is 12.6. The van der Waals surface area contributed by atoms with Gasteiger partial charge in [0.15, 0.2) is 0 Å². The standard InChI is InChI=1S/C16H24N2O3/c1-3-5-17-6-8-18(9-7-17)15(19)13-10-12(4-2)11-14(13)16(20)21/h1,12-14H,4-11H2,2H3,(H,20,21)/t12?,13-,14+/m0/s1. The van der Waals surface area contributed by atoms with Crippen LogP contribution < -0.4 is 0 Å². The Morgan fingerprint density at radius 2 is 1.81 bits per heavy atom. The number of carboxylic acids is 1. The molecule has 0 spiro atoms. The van der Waals surface area contributed by atoms with Crippen LogP contribution in [0.1, 0.15) is 26.2 Å². The van der Waals surface area contributed by atoms with Gasteiger partial charge in [-0.1, -0.05) is 19.3 Å². The molecule has 5 nitrogen and oxygen atoms in total. The highest BCUT2D eigenvalue weighted by atomic mass is 16.4. The SMILES string of the molecule is C#CCN1CCN(C(=O)[C@H]2CC(CC)C[C@H]2C(=O)O)CC1. The molecule has 0 aromatic heterocycles. The van der Waals surface area contributed by atoms with E-state index in [0.29, 0.717) is 32.0 Å². The van der Waals surface area contributed by atoms with Crippen molar-refractivity contribution in [2.24, 2.45) is 17.8 Å². The van der Waals surface area contributed by atoms with E-state index in [2.05, 4.69) is 17.7 Å². The van der Waals surface area contributed by atoms with Gasteiger partial charge in [0, 0.05) is 26.2 Å². The number of piperazine rings is 1. The summed E-state index contributed by atoms with van der Waals surface area (Å²) in [5.74, 6) is 1.33. The predicted octanol–water partition coefficient (Wildman–Crippen LogP) is 0.901. The number of carboxylic acid groups (broad SMARTS) is 1. The summed E-state index contributed by atoms with van der Waals surface area (Å²) in [5.41, 5.74) is 0. The van der Waals surface area contributed by atoms with E-state index in [9.17, 15) is 14.7 Å². The van der Waals surface area contributed by atoms with E-state index in [0.717, 1.165) is 25.9 Å². The van der Waals surface area contributed by atoms with Crippen molar-refractivity contribution in [2.75, 3.05) is 32.7 Å². The number of nitrogens with zero attached hydrogens (tertiary/aromatic N) is 2. The highest BCUT2D eigenvalue weighted by Gasteiger charge is 2.43. The summed E-state index contributed by atoms with van der Waals surface area (Å²) >= 11 is 0. The number of aliphatic carboxylic acids is 1. The van der Waals surface area contributed by atoms with Gasteiger partial charge in [0.2, 0.25) is 5.91 Å². The van der Waals surface area contributed by atoms with E-state index in [-0.39, 0.29) is 11.8 Å². The molecule has 0 aromatic rings. The topological polar surface area (TPSA) is 60.9 Å². The molecule has 0 aromatic carbocycles. The van der Waals surface area contributed by atoms with Crippen molar-refractivity contribution < 1.29 is 14.7 Å². The highest BCUT2D eigenvalue weighted by Crippen LogP contribution is 2.39. The molecule has 1 heterocycles. The van der Waals surface area contributed by atoms with Gasteiger partial charge in [-0.3, -0.25) is 14.5 Å². The third kappa shape index (κ3) is 3.56. The molecule has 0 radical (unpaired) electrons. The summed E-state index contributed by atoms with van der Waals surface area (Å²) in [5, 5.41) is 9.36. The van der Waals surface area contributed by atoms with Crippen molar-refractivity contribution in [3.05, 3.63) is 0 Å². The molecule has 2 aliphatic rings. The fourth-order valence-electron chi connectivity index (χ4n) is 3.51. The molecule has 3 atom stereocenters. The Kier molecular flexibility index (Phi) is 5.24. The molecule has 1 N–H and O–H groups in total. The quantitative estimate of drug-likeness (QED) is 0.782. The van der Waals surface area contributed by atoms with Gasteiger partial charge in [0.1, 0.15) is 0 Å². The Balaban J connectivity index is 1.96.